The van der Waals surface area contributed by atoms with Crippen LogP contribution in [0.1, 0.15) is 45.0 Å². The van der Waals surface area contributed by atoms with Crippen LogP contribution in [0.5, 0.6) is 0 Å². The molecule has 0 spiro atoms. The quantitative estimate of drug-likeness (QED) is 0.477. The first-order valence-electron chi connectivity index (χ1n) is 8.80. The average Bonchev–Trinajstić information content (AvgIpc) is 3.03. The second kappa shape index (κ2) is 8.58. The highest BCUT2D eigenvalue weighted by Gasteiger charge is 2.13. The van der Waals surface area contributed by atoms with Crippen LogP contribution in [0.15, 0.2) is 52.3 Å². The fraction of sp³-hybridized carbons (Fsp3) is 0.333. The Morgan fingerprint density at radius 1 is 1.30 bits per heavy atom. The maximum Gasteiger partial charge on any atom is 0.335 e. The molecule has 0 fully saturated rings. The molecule has 0 aliphatic rings. The predicted octanol–water partition coefficient (Wildman–Crippen LogP) is 4.90. The lowest BCUT2D eigenvalue weighted by molar-refractivity contribution is 0.0697. The number of fused-ring (bicyclic) bond motifs is 1. The Morgan fingerprint density at radius 2 is 2.00 bits per heavy atom. The molecule has 0 saturated heterocycles. The molecule has 0 saturated carbocycles. The van der Waals surface area contributed by atoms with Crippen molar-refractivity contribution < 1.29 is 14.6 Å². The van der Waals surface area contributed by atoms with Crippen molar-refractivity contribution in [1.82, 2.24) is 9.97 Å². The lowest BCUT2D eigenvalue weighted by Gasteiger charge is -2.17. The number of carbonyl (C=O) groups is 1. The second-order valence-electron chi connectivity index (χ2n) is 6.58. The number of allylic oxidation sites excluding steroid dienone is 3. The predicted molar refractivity (Wildman–Crippen MR) is 109 cm³/mol. The molecule has 0 aliphatic heterocycles. The van der Waals surface area contributed by atoms with Gasteiger partial charge in [-0.1, -0.05) is 11.6 Å². The molecule has 1 aromatic carbocycles. The molecule has 0 amide bonds. The minimum absolute atomic E-state index is 0.230. The van der Waals surface area contributed by atoms with Gasteiger partial charge in [0.2, 0.25) is 5.95 Å². The van der Waals surface area contributed by atoms with Crippen molar-refractivity contribution in [3.63, 3.8) is 0 Å². The standard InChI is InChI=1S/C21H27N3O3/c1-7-13(4)19(27-6)14(5)16(12(2)3)11-22-21-23-17-9-8-15(20(25)26)10-18(17)24-21/h7-10H,11H2,1-6H3,(H,25,26)(H2,22,23,24)/b13-7-,19-14+. The zero-order chi connectivity index (χ0) is 20.1. The number of anilines is 1. The van der Waals surface area contributed by atoms with Crippen LogP contribution < -0.4 is 5.32 Å². The summed E-state index contributed by atoms with van der Waals surface area (Å²) in [5.74, 6) is 0.507. The molecule has 0 unspecified atom stereocenters. The van der Waals surface area contributed by atoms with Crippen molar-refractivity contribution >= 4 is 23.0 Å². The fourth-order valence-corrected chi connectivity index (χ4v) is 2.96. The number of aromatic amines is 1. The highest BCUT2D eigenvalue weighted by Crippen LogP contribution is 2.24. The van der Waals surface area contributed by atoms with Crippen LogP contribution >= 0.6 is 0 Å². The Kier molecular flexibility index (Phi) is 6.45. The largest absolute Gasteiger partial charge is 0.496 e. The molecule has 6 heteroatoms. The number of aromatic carboxylic acids is 1. The molecule has 1 aromatic heterocycles. The third-order valence-corrected chi connectivity index (χ3v) is 4.55. The van der Waals surface area contributed by atoms with Crippen molar-refractivity contribution in [1.29, 1.82) is 0 Å². The molecule has 0 aliphatic carbocycles. The molecule has 1 heterocycles. The number of rotatable bonds is 7. The third-order valence-electron chi connectivity index (χ3n) is 4.55. The molecular weight excluding hydrogens is 342 g/mol. The van der Waals surface area contributed by atoms with Gasteiger partial charge in [-0.2, -0.15) is 0 Å². The van der Waals surface area contributed by atoms with E-state index in [0.29, 0.717) is 18.0 Å². The van der Waals surface area contributed by atoms with Gasteiger partial charge < -0.3 is 20.1 Å². The van der Waals surface area contributed by atoms with Gasteiger partial charge >= 0.3 is 5.97 Å². The molecule has 6 nitrogen and oxygen atoms in total. The van der Waals surface area contributed by atoms with Gasteiger partial charge in [0.15, 0.2) is 0 Å². The number of aromatic nitrogens is 2. The lowest BCUT2D eigenvalue weighted by atomic mass is 9.99. The van der Waals surface area contributed by atoms with Gasteiger partial charge in [-0.3, -0.25) is 0 Å². The first-order chi connectivity index (χ1) is 12.8. The third kappa shape index (κ3) is 4.58. The van der Waals surface area contributed by atoms with Gasteiger partial charge in [0.25, 0.3) is 0 Å². The highest BCUT2D eigenvalue weighted by molar-refractivity contribution is 5.92. The van der Waals surface area contributed by atoms with Gasteiger partial charge in [0, 0.05) is 6.54 Å². The number of hydrogen-bond donors (Lipinski definition) is 3. The second-order valence-corrected chi connectivity index (χ2v) is 6.58. The summed E-state index contributed by atoms with van der Waals surface area (Å²) < 4.78 is 5.60. The van der Waals surface area contributed by atoms with Crippen LogP contribution in [0, 0.1) is 0 Å². The Balaban J connectivity index is 2.29. The first-order valence-corrected chi connectivity index (χ1v) is 8.80. The van der Waals surface area contributed by atoms with E-state index in [1.54, 1.807) is 25.3 Å². The van der Waals surface area contributed by atoms with Gasteiger partial charge in [-0.25, -0.2) is 9.78 Å². The van der Waals surface area contributed by atoms with E-state index in [-0.39, 0.29) is 5.56 Å². The monoisotopic (exact) mass is 369 g/mol. The highest BCUT2D eigenvalue weighted by atomic mass is 16.5. The van der Waals surface area contributed by atoms with Crippen LogP contribution in [-0.2, 0) is 4.74 Å². The van der Waals surface area contributed by atoms with Crippen molar-refractivity contribution in [3.05, 3.63) is 57.9 Å². The summed E-state index contributed by atoms with van der Waals surface area (Å²) in [6.07, 6.45) is 2.03. The molecule has 144 valence electrons. The Morgan fingerprint density at radius 3 is 2.56 bits per heavy atom. The normalized spacial score (nSPS) is 12.6. The number of carboxylic acids is 1. The van der Waals surface area contributed by atoms with E-state index in [1.165, 1.54) is 5.57 Å². The molecule has 27 heavy (non-hydrogen) atoms. The molecular formula is C21H27N3O3. The minimum Gasteiger partial charge on any atom is -0.496 e. The zero-order valence-electron chi connectivity index (χ0n) is 16.7. The first kappa shape index (κ1) is 20.3. The maximum atomic E-state index is 11.1. The number of hydrogen-bond acceptors (Lipinski definition) is 4. The zero-order valence-corrected chi connectivity index (χ0v) is 16.7. The van der Waals surface area contributed by atoms with Crippen LogP contribution in [-0.4, -0.2) is 34.7 Å². The van der Waals surface area contributed by atoms with Crippen molar-refractivity contribution in [2.24, 2.45) is 0 Å². The Bertz CT molecular complexity index is 945. The van der Waals surface area contributed by atoms with E-state index in [2.05, 4.69) is 29.1 Å². The molecule has 0 radical (unpaired) electrons. The van der Waals surface area contributed by atoms with E-state index in [0.717, 1.165) is 28.0 Å². The summed E-state index contributed by atoms with van der Waals surface area (Å²) in [5, 5.41) is 12.4. The number of nitrogens with zero attached hydrogens (tertiary/aromatic N) is 1. The van der Waals surface area contributed by atoms with Crippen LogP contribution in [0.25, 0.3) is 11.0 Å². The summed E-state index contributed by atoms with van der Waals surface area (Å²) in [6, 6.07) is 4.83. The number of carboxylic acid groups (broad SMARTS) is 1. The van der Waals surface area contributed by atoms with E-state index in [4.69, 9.17) is 9.84 Å². The molecule has 0 atom stereocenters. The van der Waals surface area contributed by atoms with E-state index in [1.807, 2.05) is 26.8 Å². The summed E-state index contributed by atoms with van der Waals surface area (Å²) in [6.45, 7) is 10.8. The number of ether oxygens (including phenoxy) is 1. The molecule has 0 bridgehead atoms. The van der Waals surface area contributed by atoms with Gasteiger partial charge in [-0.05, 0) is 69.5 Å². The van der Waals surface area contributed by atoms with Crippen molar-refractivity contribution in [2.75, 3.05) is 19.0 Å². The van der Waals surface area contributed by atoms with Gasteiger partial charge in [0.1, 0.15) is 5.76 Å². The fourth-order valence-electron chi connectivity index (χ4n) is 2.96. The van der Waals surface area contributed by atoms with Crippen LogP contribution in [0.4, 0.5) is 5.95 Å². The van der Waals surface area contributed by atoms with E-state index >= 15 is 0 Å². The van der Waals surface area contributed by atoms with E-state index < -0.39 is 5.97 Å². The summed E-state index contributed by atoms with van der Waals surface area (Å²) in [7, 11) is 1.68. The Labute approximate surface area is 159 Å². The van der Waals surface area contributed by atoms with Crippen molar-refractivity contribution in [3.8, 4) is 0 Å². The minimum atomic E-state index is -0.958. The number of H-pyrrole nitrogens is 1. The van der Waals surface area contributed by atoms with Gasteiger partial charge in [-0.15, -0.1) is 0 Å². The van der Waals surface area contributed by atoms with Gasteiger partial charge in [0.05, 0.1) is 23.7 Å². The van der Waals surface area contributed by atoms with Crippen LogP contribution in [0.2, 0.25) is 0 Å². The smallest absolute Gasteiger partial charge is 0.335 e. The summed E-state index contributed by atoms with van der Waals surface area (Å²) in [5.41, 5.74) is 6.11. The van der Waals surface area contributed by atoms with Crippen molar-refractivity contribution in [2.45, 2.75) is 34.6 Å². The number of methoxy groups -OCH3 is 1. The summed E-state index contributed by atoms with van der Waals surface area (Å²) in [4.78, 5) is 18.7. The Hall–Kier alpha value is -3.02. The average molecular weight is 369 g/mol. The topological polar surface area (TPSA) is 87.2 Å². The SMILES string of the molecule is C/C=C(C)\C(OC)=C(\C)C(CNc1nc2ccc(C(=O)O)cc2[nH]1)=C(C)C. The molecule has 2 rings (SSSR count). The number of benzene rings is 1. The number of imidazole rings is 1. The summed E-state index contributed by atoms with van der Waals surface area (Å²) >= 11 is 0. The number of nitrogens with one attached hydrogen (secondary N) is 2. The molecule has 2 aromatic rings. The maximum absolute atomic E-state index is 11.1. The van der Waals surface area contributed by atoms with E-state index in [9.17, 15) is 4.79 Å². The molecule has 3 N–H and O–H groups in total. The van der Waals surface area contributed by atoms with Crippen LogP contribution in [0.3, 0.4) is 0 Å². The lowest BCUT2D eigenvalue weighted by Crippen LogP contribution is -2.10.